The molecule has 4 nitrogen and oxygen atoms in total. The van der Waals surface area contributed by atoms with Gasteiger partial charge in [0, 0.05) is 17.6 Å². The summed E-state index contributed by atoms with van der Waals surface area (Å²) in [6.45, 7) is 2.82. The van der Waals surface area contributed by atoms with Gasteiger partial charge in [0.05, 0.1) is 6.61 Å². The summed E-state index contributed by atoms with van der Waals surface area (Å²) in [5, 5.41) is 9.67. The van der Waals surface area contributed by atoms with Crippen molar-refractivity contribution in [1.29, 1.82) is 0 Å². The van der Waals surface area contributed by atoms with E-state index >= 15 is 0 Å². The molecule has 0 aliphatic carbocycles. The van der Waals surface area contributed by atoms with Gasteiger partial charge in [0.25, 0.3) is 0 Å². The fraction of sp³-hybridized carbons (Fsp3) is 0.625. The Kier molecular flexibility index (Phi) is 10.7. The van der Waals surface area contributed by atoms with Crippen molar-refractivity contribution in [3.05, 3.63) is 40.2 Å². The van der Waals surface area contributed by atoms with Gasteiger partial charge in [-0.2, -0.15) is 0 Å². The second-order valence-corrected chi connectivity index (χ2v) is 7.65. The van der Waals surface area contributed by atoms with Gasteiger partial charge in [-0.05, 0) is 25.8 Å². The molecule has 0 bridgehead atoms. The van der Waals surface area contributed by atoms with Gasteiger partial charge in [-0.15, -0.1) is 0 Å². The molecule has 156 valence electrons. The highest BCUT2D eigenvalue weighted by Crippen LogP contribution is 2.23. The van der Waals surface area contributed by atoms with E-state index in [0.29, 0.717) is 24.5 Å². The molecule has 2 rings (SSSR count). The number of ether oxygens (including phenoxy) is 1. The fourth-order valence-corrected chi connectivity index (χ4v) is 3.61. The second kappa shape index (κ2) is 13.4. The summed E-state index contributed by atoms with van der Waals surface area (Å²) in [6, 6.07) is 7.57. The van der Waals surface area contributed by atoms with E-state index in [1.54, 1.807) is 0 Å². The van der Waals surface area contributed by atoms with Gasteiger partial charge in [-0.25, -0.2) is 4.79 Å². The molecule has 0 aliphatic rings. The Bertz CT molecular complexity index is 735. The van der Waals surface area contributed by atoms with E-state index in [0.717, 1.165) is 30.2 Å². The van der Waals surface area contributed by atoms with Crippen LogP contribution in [0.3, 0.4) is 0 Å². The highest BCUT2D eigenvalue weighted by Gasteiger charge is 2.11. The molecular formula is C24H36O4. The fourth-order valence-electron chi connectivity index (χ4n) is 3.61. The minimum Gasteiger partial charge on any atom is -0.486 e. The van der Waals surface area contributed by atoms with E-state index in [2.05, 4.69) is 0 Å². The highest BCUT2D eigenvalue weighted by atomic mass is 16.5. The average molecular weight is 389 g/mol. The van der Waals surface area contributed by atoms with Crippen LogP contribution in [0.4, 0.5) is 0 Å². The lowest BCUT2D eigenvalue weighted by molar-refractivity contribution is 0.282. The maximum absolute atomic E-state index is 12.1. The normalized spacial score (nSPS) is 11.2. The Balaban J connectivity index is 1.52. The number of hydrogen-bond donors (Lipinski definition) is 1. The molecule has 2 aromatic rings. The average Bonchev–Trinajstić information content (AvgIpc) is 2.70. The zero-order chi connectivity index (χ0) is 20.0. The van der Waals surface area contributed by atoms with E-state index in [1.807, 2.05) is 31.2 Å². The Hall–Kier alpha value is -1.81. The van der Waals surface area contributed by atoms with Crippen molar-refractivity contribution in [1.82, 2.24) is 0 Å². The summed E-state index contributed by atoms with van der Waals surface area (Å²) in [5.74, 6) is 0.359. The van der Waals surface area contributed by atoms with Crippen molar-refractivity contribution in [2.24, 2.45) is 0 Å². The van der Waals surface area contributed by atoms with E-state index in [-0.39, 0.29) is 5.63 Å². The van der Waals surface area contributed by atoms with E-state index in [4.69, 9.17) is 14.3 Å². The predicted octanol–water partition coefficient (Wildman–Crippen LogP) is 6.15. The molecular weight excluding hydrogens is 352 g/mol. The molecule has 0 radical (unpaired) electrons. The molecule has 4 heteroatoms. The number of aryl methyl sites for hydroxylation is 1. The molecule has 1 aromatic carbocycles. The first-order valence-corrected chi connectivity index (χ1v) is 11.0. The summed E-state index contributed by atoms with van der Waals surface area (Å²) >= 11 is 0. The number of aliphatic hydroxyl groups excluding tert-OH is 1. The zero-order valence-corrected chi connectivity index (χ0v) is 17.4. The van der Waals surface area contributed by atoms with Crippen LogP contribution >= 0.6 is 0 Å². The number of unbranched alkanes of at least 4 members (excludes halogenated alkanes) is 11. The van der Waals surface area contributed by atoms with E-state index in [1.165, 1.54) is 57.8 Å². The lowest BCUT2D eigenvalue weighted by Gasteiger charge is -2.09. The van der Waals surface area contributed by atoms with Gasteiger partial charge >= 0.3 is 5.63 Å². The number of rotatable bonds is 15. The van der Waals surface area contributed by atoms with Crippen molar-refractivity contribution in [3.63, 3.8) is 0 Å². The monoisotopic (exact) mass is 388 g/mol. The predicted molar refractivity (Wildman–Crippen MR) is 115 cm³/mol. The summed E-state index contributed by atoms with van der Waals surface area (Å²) in [7, 11) is 0. The van der Waals surface area contributed by atoms with Crippen LogP contribution in [-0.2, 0) is 0 Å². The molecule has 0 saturated heterocycles. The highest BCUT2D eigenvalue weighted by molar-refractivity contribution is 5.81. The van der Waals surface area contributed by atoms with Gasteiger partial charge in [0.2, 0.25) is 5.75 Å². The first-order chi connectivity index (χ1) is 13.7. The first kappa shape index (κ1) is 22.5. The molecule has 0 atom stereocenters. The van der Waals surface area contributed by atoms with Crippen molar-refractivity contribution in [2.45, 2.75) is 84.0 Å². The molecule has 0 aliphatic heterocycles. The molecule has 0 fully saturated rings. The van der Waals surface area contributed by atoms with Crippen molar-refractivity contribution in [2.75, 3.05) is 13.2 Å². The topological polar surface area (TPSA) is 59.7 Å². The van der Waals surface area contributed by atoms with Crippen LogP contribution in [-0.4, -0.2) is 18.3 Å². The number of hydrogen-bond acceptors (Lipinski definition) is 4. The summed E-state index contributed by atoms with van der Waals surface area (Å²) in [6.07, 6.45) is 14.6. The van der Waals surface area contributed by atoms with Crippen molar-refractivity contribution < 1.29 is 14.3 Å². The Morgan fingerprint density at radius 3 is 1.96 bits per heavy atom. The van der Waals surface area contributed by atoms with Gasteiger partial charge in [0.1, 0.15) is 5.58 Å². The molecule has 1 N–H and O–H groups in total. The molecule has 0 spiro atoms. The van der Waals surface area contributed by atoms with Gasteiger partial charge in [-0.1, -0.05) is 82.4 Å². The van der Waals surface area contributed by atoms with Gasteiger partial charge < -0.3 is 14.3 Å². The van der Waals surface area contributed by atoms with Crippen LogP contribution in [0.2, 0.25) is 0 Å². The second-order valence-electron chi connectivity index (χ2n) is 7.65. The summed E-state index contributed by atoms with van der Waals surface area (Å²) in [5.41, 5.74) is 1.10. The quantitative estimate of drug-likeness (QED) is 0.293. The maximum Gasteiger partial charge on any atom is 0.379 e. The smallest absolute Gasteiger partial charge is 0.379 e. The molecule has 0 amide bonds. The van der Waals surface area contributed by atoms with E-state index < -0.39 is 0 Å². The largest absolute Gasteiger partial charge is 0.486 e. The lowest BCUT2D eigenvalue weighted by Crippen LogP contribution is -2.10. The Labute approximate surface area is 168 Å². The lowest BCUT2D eigenvalue weighted by atomic mass is 10.1. The van der Waals surface area contributed by atoms with Crippen LogP contribution in [0.5, 0.6) is 5.75 Å². The number of para-hydroxylation sites is 1. The SMILES string of the molecule is Cc1c(OCCCCCCCCCCCCCCO)c(=O)oc2ccccc12. The molecule has 0 unspecified atom stereocenters. The molecule has 28 heavy (non-hydrogen) atoms. The number of aliphatic hydroxyl groups is 1. The van der Waals surface area contributed by atoms with Crippen molar-refractivity contribution >= 4 is 11.0 Å². The van der Waals surface area contributed by atoms with Gasteiger partial charge in [-0.3, -0.25) is 0 Å². The minimum absolute atomic E-state index is 0.334. The molecule has 1 aromatic heterocycles. The third-order valence-electron chi connectivity index (χ3n) is 5.32. The standard InChI is InChI=1S/C24H36O4/c1-20-21-16-12-13-17-22(21)28-24(26)23(20)27-19-15-11-9-7-5-3-2-4-6-8-10-14-18-25/h12-13,16-17,25H,2-11,14-15,18-19H2,1H3. The Morgan fingerprint density at radius 2 is 1.36 bits per heavy atom. The molecule has 1 heterocycles. The van der Waals surface area contributed by atoms with Crippen LogP contribution in [0.15, 0.2) is 33.5 Å². The third-order valence-corrected chi connectivity index (χ3v) is 5.32. The van der Waals surface area contributed by atoms with Crippen LogP contribution in [0.25, 0.3) is 11.0 Å². The first-order valence-electron chi connectivity index (χ1n) is 11.0. The maximum atomic E-state index is 12.1. The third kappa shape index (κ3) is 7.67. The number of fused-ring (bicyclic) bond motifs is 1. The summed E-state index contributed by atoms with van der Waals surface area (Å²) < 4.78 is 11.1. The minimum atomic E-state index is -0.382. The van der Waals surface area contributed by atoms with Crippen molar-refractivity contribution in [3.8, 4) is 5.75 Å². The zero-order valence-electron chi connectivity index (χ0n) is 17.4. The summed E-state index contributed by atoms with van der Waals surface area (Å²) in [4.78, 5) is 12.1. The Morgan fingerprint density at radius 1 is 0.821 bits per heavy atom. The van der Waals surface area contributed by atoms with Gasteiger partial charge in [0.15, 0.2) is 0 Å². The van der Waals surface area contributed by atoms with Crippen LogP contribution < -0.4 is 10.4 Å². The van der Waals surface area contributed by atoms with Crippen LogP contribution in [0.1, 0.15) is 82.6 Å². The van der Waals surface area contributed by atoms with Crippen LogP contribution in [0, 0.1) is 6.92 Å². The van der Waals surface area contributed by atoms with E-state index in [9.17, 15) is 4.79 Å². The molecule has 0 saturated carbocycles. The number of benzene rings is 1.